The zero-order valence-corrected chi connectivity index (χ0v) is 13.7. The van der Waals surface area contributed by atoms with Gasteiger partial charge in [-0.1, -0.05) is 31.0 Å². The number of benzene rings is 1. The predicted octanol–water partition coefficient (Wildman–Crippen LogP) is 2.82. The van der Waals surface area contributed by atoms with Crippen molar-refractivity contribution in [3.63, 3.8) is 0 Å². The van der Waals surface area contributed by atoms with Gasteiger partial charge in [0.2, 0.25) is 5.91 Å². The number of carbonyl (C=O) groups excluding carboxylic acids is 1. The number of nitrogens with one attached hydrogen (secondary N) is 1. The Labute approximate surface area is 133 Å². The summed E-state index contributed by atoms with van der Waals surface area (Å²) in [7, 11) is 0. The Bertz CT molecular complexity index is 396. The molecule has 0 aliphatic rings. The molecule has 5 heteroatoms. The summed E-state index contributed by atoms with van der Waals surface area (Å²) >= 11 is 0. The Kier molecular flexibility index (Phi) is 10.7. The van der Waals surface area contributed by atoms with Crippen molar-refractivity contribution in [2.45, 2.75) is 45.6 Å². The molecule has 1 aromatic rings. The summed E-state index contributed by atoms with van der Waals surface area (Å²) in [6, 6.07) is 7.64. The highest BCUT2D eigenvalue weighted by Gasteiger charge is 2.10. The number of ether oxygens (including phenoxy) is 1. The van der Waals surface area contributed by atoms with Crippen LogP contribution in [-0.2, 0) is 4.79 Å². The van der Waals surface area contributed by atoms with Gasteiger partial charge in [0.25, 0.3) is 0 Å². The van der Waals surface area contributed by atoms with Crippen LogP contribution in [0.2, 0.25) is 0 Å². The molecule has 0 aliphatic carbocycles. The van der Waals surface area contributed by atoms with Gasteiger partial charge in [0.05, 0.1) is 12.6 Å². The van der Waals surface area contributed by atoms with E-state index in [9.17, 15) is 4.79 Å². The second-order valence-electron chi connectivity index (χ2n) is 5.05. The van der Waals surface area contributed by atoms with Crippen LogP contribution >= 0.6 is 12.4 Å². The predicted molar refractivity (Wildman–Crippen MR) is 89.0 cm³/mol. The standard InChI is InChI=1S/C16H26N2O2.ClH/c1-3-6-15(17)16(19)18-11-4-5-12-20-14-9-7-13(2)8-10-14;/h7-10,15H,3-6,11-12,17H2,1-2H3,(H,18,19);1H. The zero-order chi connectivity index (χ0) is 14.8. The highest BCUT2D eigenvalue weighted by atomic mass is 35.5. The molecule has 1 aromatic carbocycles. The van der Waals surface area contributed by atoms with Crippen molar-refractivity contribution >= 4 is 18.3 Å². The average molecular weight is 315 g/mol. The monoisotopic (exact) mass is 314 g/mol. The van der Waals surface area contributed by atoms with Crippen molar-refractivity contribution in [1.82, 2.24) is 5.32 Å². The highest BCUT2D eigenvalue weighted by molar-refractivity contribution is 5.85. The fourth-order valence-corrected chi connectivity index (χ4v) is 1.84. The Morgan fingerprint density at radius 3 is 2.57 bits per heavy atom. The van der Waals surface area contributed by atoms with Gasteiger partial charge in [-0.05, 0) is 38.3 Å². The second-order valence-corrected chi connectivity index (χ2v) is 5.05. The van der Waals surface area contributed by atoms with Gasteiger partial charge in [0.15, 0.2) is 0 Å². The molecule has 1 atom stereocenters. The van der Waals surface area contributed by atoms with Crippen LogP contribution in [0.1, 0.15) is 38.2 Å². The molecule has 1 amide bonds. The van der Waals surface area contributed by atoms with Crippen LogP contribution < -0.4 is 15.8 Å². The molecule has 0 saturated heterocycles. The van der Waals surface area contributed by atoms with Crippen molar-refractivity contribution in [1.29, 1.82) is 0 Å². The minimum atomic E-state index is -0.371. The first kappa shape index (κ1) is 19.7. The summed E-state index contributed by atoms with van der Waals surface area (Å²) in [6.07, 6.45) is 3.48. The number of hydrogen-bond acceptors (Lipinski definition) is 3. The molecule has 0 saturated carbocycles. The number of amides is 1. The Morgan fingerprint density at radius 2 is 1.95 bits per heavy atom. The van der Waals surface area contributed by atoms with Crippen LogP contribution in [0.25, 0.3) is 0 Å². The van der Waals surface area contributed by atoms with Gasteiger partial charge in [0, 0.05) is 6.54 Å². The molecule has 0 spiro atoms. The SMILES string of the molecule is CCCC(N)C(=O)NCCCCOc1ccc(C)cc1.Cl. The molecule has 0 aromatic heterocycles. The Balaban J connectivity index is 0.00000400. The molecule has 1 rings (SSSR count). The molecule has 21 heavy (non-hydrogen) atoms. The normalized spacial score (nSPS) is 11.4. The summed E-state index contributed by atoms with van der Waals surface area (Å²) < 4.78 is 5.62. The third-order valence-corrected chi connectivity index (χ3v) is 3.10. The van der Waals surface area contributed by atoms with E-state index in [-0.39, 0.29) is 24.4 Å². The highest BCUT2D eigenvalue weighted by Crippen LogP contribution is 2.11. The molecule has 4 nitrogen and oxygen atoms in total. The zero-order valence-electron chi connectivity index (χ0n) is 12.9. The molecule has 0 heterocycles. The van der Waals surface area contributed by atoms with Crippen LogP contribution in [0.4, 0.5) is 0 Å². The maximum Gasteiger partial charge on any atom is 0.236 e. The number of unbranched alkanes of at least 4 members (excludes halogenated alkanes) is 1. The molecule has 0 bridgehead atoms. The molecule has 120 valence electrons. The first-order valence-corrected chi connectivity index (χ1v) is 7.36. The van der Waals surface area contributed by atoms with E-state index in [1.165, 1.54) is 5.56 Å². The number of nitrogens with two attached hydrogens (primary N) is 1. The number of aryl methyl sites for hydroxylation is 1. The molecular weight excluding hydrogens is 288 g/mol. The van der Waals surface area contributed by atoms with E-state index in [1.807, 2.05) is 31.2 Å². The molecule has 0 radical (unpaired) electrons. The van der Waals surface area contributed by atoms with E-state index in [0.717, 1.165) is 31.4 Å². The topological polar surface area (TPSA) is 64.4 Å². The molecule has 3 N–H and O–H groups in total. The van der Waals surface area contributed by atoms with Crippen molar-refractivity contribution in [2.75, 3.05) is 13.2 Å². The van der Waals surface area contributed by atoms with E-state index in [1.54, 1.807) is 0 Å². The van der Waals surface area contributed by atoms with Crippen molar-refractivity contribution in [3.05, 3.63) is 29.8 Å². The largest absolute Gasteiger partial charge is 0.494 e. The lowest BCUT2D eigenvalue weighted by Gasteiger charge is -2.11. The van der Waals surface area contributed by atoms with E-state index in [4.69, 9.17) is 10.5 Å². The smallest absolute Gasteiger partial charge is 0.236 e. The van der Waals surface area contributed by atoms with Gasteiger partial charge in [-0.3, -0.25) is 4.79 Å². The maximum absolute atomic E-state index is 11.6. The van der Waals surface area contributed by atoms with Gasteiger partial charge in [0.1, 0.15) is 5.75 Å². The second kappa shape index (κ2) is 11.4. The van der Waals surface area contributed by atoms with Crippen LogP contribution in [0.3, 0.4) is 0 Å². The summed E-state index contributed by atoms with van der Waals surface area (Å²) in [4.78, 5) is 11.6. The lowest BCUT2D eigenvalue weighted by Crippen LogP contribution is -2.40. The van der Waals surface area contributed by atoms with Gasteiger partial charge in [-0.2, -0.15) is 0 Å². The van der Waals surface area contributed by atoms with Crippen molar-refractivity contribution in [3.8, 4) is 5.75 Å². The first-order valence-electron chi connectivity index (χ1n) is 7.36. The molecule has 1 unspecified atom stereocenters. The minimum Gasteiger partial charge on any atom is -0.494 e. The van der Waals surface area contributed by atoms with Gasteiger partial charge in [-0.15, -0.1) is 12.4 Å². The fraction of sp³-hybridized carbons (Fsp3) is 0.562. The van der Waals surface area contributed by atoms with Crippen LogP contribution in [0, 0.1) is 6.92 Å². The summed E-state index contributed by atoms with van der Waals surface area (Å²) in [5.74, 6) is 0.843. The van der Waals surface area contributed by atoms with Crippen LogP contribution in [-0.4, -0.2) is 25.1 Å². The molecule has 0 aliphatic heterocycles. The lowest BCUT2D eigenvalue weighted by atomic mass is 10.1. The number of hydrogen-bond donors (Lipinski definition) is 2. The van der Waals surface area contributed by atoms with E-state index in [0.29, 0.717) is 13.2 Å². The average Bonchev–Trinajstić information content (AvgIpc) is 2.44. The van der Waals surface area contributed by atoms with Crippen molar-refractivity contribution in [2.24, 2.45) is 5.73 Å². The number of rotatable bonds is 9. The fourth-order valence-electron chi connectivity index (χ4n) is 1.84. The first-order chi connectivity index (χ1) is 9.63. The Morgan fingerprint density at radius 1 is 1.29 bits per heavy atom. The quantitative estimate of drug-likeness (QED) is 0.689. The number of halogens is 1. The summed E-state index contributed by atoms with van der Waals surface area (Å²) in [5, 5.41) is 2.85. The van der Waals surface area contributed by atoms with E-state index < -0.39 is 0 Å². The van der Waals surface area contributed by atoms with Gasteiger partial charge in [-0.25, -0.2) is 0 Å². The maximum atomic E-state index is 11.6. The summed E-state index contributed by atoms with van der Waals surface area (Å²) in [5.41, 5.74) is 6.95. The van der Waals surface area contributed by atoms with Crippen LogP contribution in [0.15, 0.2) is 24.3 Å². The molecular formula is C16H27ClN2O2. The number of carbonyl (C=O) groups is 1. The molecule has 0 fully saturated rings. The summed E-state index contributed by atoms with van der Waals surface area (Å²) in [6.45, 7) is 5.40. The Hall–Kier alpha value is -1.26. The third-order valence-electron chi connectivity index (χ3n) is 3.10. The van der Waals surface area contributed by atoms with Crippen LogP contribution in [0.5, 0.6) is 5.75 Å². The van der Waals surface area contributed by atoms with Crippen molar-refractivity contribution < 1.29 is 9.53 Å². The van der Waals surface area contributed by atoms with Gasteiger partial charge >= 0.3 is 0 Å². The van der Waals surface area contributed by atoms with E-state index >= 15 is 0 Å². The van der Waals surface area contributed by atoms with E-state index in [2.05, 4.69) is 12.2 Å². The lowest BCUT2D eigenvalue weighted by molar-refractivity contribution is -0.122. The minimum absolute atomic E-state index is 0. The van der Waals surface area contributed by atoms with Gasteiger partial charge < -0.3 is 15.8 Å². The third kappa shape index (κ3) is 8.58.